The number of anilines is 1. The van der Waals surface area contributed by atoms with Crippen LogP contribution in [0.25, 0.3) is 11.1 Å². The van der Waals surface area contributed by atoms with E-state index in [-0.39, 0.29) is 11.5 Å². The average molecular weight is 315 g/mol. The maximum atomic E-state index is 11.0. The fourth-order valence-corrected chi connectivity index (χ4v) is 2.51. The van der Waals surface area contributed by atoms with E-state index >= 15 is 0 Å². The van der Waals surface area contributed by atoms with E-state index in [1.54, 1.807) is 6.92 Å². The molecule has 0 saturated heterocycles. The Hall–Kier alpha value is -2.27. The normalized spacial score (nSPS) is 10.2. The van der Waals surface area contributed by atoms with E-state index in [0.717, 1.165) is 22.4 Å². The molecule has 0 heterocycles. The van der Waals surface area contributed by atoms with Crippen molar-refractivity contribution in [1.82, 2.24) is 0 Å². The first-order valence-corrected chi connectivity index (χ1v) is 7.82. The molecule has 2 rings (SSSR count). The van der Waals surface area contributed by atoms with Gasteiger partial charge in [-0.05, 0) is 17.2 Å². The molecule has 0 aliphatic heterocycles. The van der Waals surface area contributed by atoms with Crippen molar-refractivity contribution < 1.29 is 14.7 Å². The van der Waals surface area contributed by atoms with Gasteiger partial charge >= 0.3 is 5.97 Å². The number of hydrogen-bond donors (Lipinski definition) is 2. The van der Waals surface area contributed by atoms with Crippen LogP contribution in [-0.2, 0) is 16.0 Å². The van der Waals surface area contributed by atoms with E-state index < -0.39 is 5.97 Å². The third-order valence-electron chi connectivity index (χ3n) is 3.09. The Kier molecular flexibility index (Phi) is 5.61. The van der Waals surface area contributed by atoms with Crippen molar-refractivity contribution in [1.29, 1.82) is 0 Å². The molecule has 0 bridgehead atoms. The van der Waals surface area contributed by atoms with Crippen LogP contribution < -0.4 is 5.32 Å². The molecule has 0 unspecified atom stereocenters. The van der Waals surface area contributed by atoms with Gasteiger partial charge in [0, 0.05) is 18.2 Å². The monoisotopic (exact) mass is 315 g/mol. The number of carboxylic acids is 1. The minimum Gasteiger partial charge on any atom is -0.481 e. The second-order valence-electron chi connectivity index (χ2n) is 4.77. The summed E-state index contributed by atoms with van der Waals surface area (Å²) in [6, 6.07) is 15.3. The van der Waals surface area contributed by atoms with E-state index in [2.05, 4.69) is 5.32 Å². The Balaban J connectivity index is 2.17. The summed E-state index contributed by atoms with van der Waals surface area (Å²) in [4.78, 5) is 21.7. The van der Waals surface area contributed by atoms with Gasteiger partial charge in [-0.1, -0.05) is 54.2 Å². The van der Waals surface area contributed by atoms with Crippen LogP contribution in [0, 0.1) is 0 Å². The molecule has 2 aromatic rings. The van der Waals surface area contributed by atoms with Crippen LogP contribution in [0.3, 0.4) is 0 Å². The second-order valence-corrected chi connectivity index (χ2v) is 5.92. The topological polar surface area (TPSA) is 66.4 Å². The van der Waals surface area contributed by atoms with Crippen LogP contribution in [0.2, 0.25) is 0 Å². The summed E-state index contributed by atoms with van der Waals surface area (Å²) in [5.41, 5.74) is 3.75. The van der Waals surface area contributed by atoms with Crippen LogP contribution in [0.15, 0.2) is 48.5 Å². The van der Waals surface area contributed by atoms with Crippen molar-refractivity contribution in [2.75, 3.05) is 11.2 Å². The smallest absolute Gasteiger partial charge is 0.307 e. The zero-order valence-electron chi connectivity index (χ0n) is 12.2. The number of carboxylic acid groups (broad SMARTS) is 1. The number of hydrogen-bond acceptors (Lipinski definition) is 4. The molecule has 0 aliphatic carbocycles. The molecule has 0 fully saturated rings. The first-order chi connectivity index (χ1) is 10.6. The highest BCUT2D eigenvalue weighted by molar-refractivity contribution is 8.13. The van der Waals surface area contributed by atoms with Gasteiger partial charge in [-0.15, -0.1) is 0 Å². The Morgan fingerprint density at radius 3 is 2.41 bits per heavy atom. The SMILES string of the molecule is CC(=O)SCNc1ccccc1-c1ccc(CC(=O)O)cc1. The van der Waals surface area contributed by atoms with Crippen LogP contribution in [0.5, 0.6) is 0 Å². The molecule has 0 atom stereocenters. The number of thioether (sulfide) groups is 1. The van der Waals surface area contributed by atoms with Crippen molar-refractivity contribution in [3.63, 3.8) is 0 Å². The van der Waals surface area contributed by atoms with Gasteiger partial charge < -0.3 is 10.4 Å². The summed E-state index contributed by atoms with van der Waals surface area (Å²) in [5.74, 6) is -0.320. The van der Waals surface area contributed by atoms with Crippen molar-refractivity contribution >= 4 is 28.5 Å². The summed E-state index contributed by atoms with van der Waals surface area (Å²) in [6.07, 6.45) is 0.0232. The molecule has 0 saturated carbocycles. The highest BCUT2D eigenvalue weighted by Crippen LogP contribution is 2.28. The highest BCUT2D eigenvalue weighted by atomic mass is 32.2. The zero-order valence-corrected chi connectivity index (χ0v) is 13.0. The van der Waals surface area contributed by atoms with Crippen molar-refractivity contribution in [2.45, 2.75) is 13.3 Å². The Labute approximate surface area is 133 Å². The summed E-state index contributed by atoms with van der Waals surface area (Å²) in [7, 11) is 0. The molecule has 2 N–H and O–H groups in total. The summed E-state index contributed by atoms with van der Waals surface area (Å²) in [5, 5.41) is 12.1. The molecule has 0 aromatic heterocycles. The average Bonchev–Trinajstić information content (AvgIpc) is 2.48. The third kappa shape index (κ3) is 4.63. The summed E-state index contributed by atoms with van der Waals surface area (Å²) < 4.78 is 0. The van der Waals surface area contributed by atoms with Crippen molar-refractivity contribution in [2.24, 2.45) is 0 Å². The van der Waals surface area contributed by atoms with Gasteiger partial charge in [0.05, 0.1) is 12.3 Å². The van der Waals surface area contributed by atoms with Crippen molar-refractivity contribution in [3.05, 3.63) is 54.1 Å². The van der Waals surface area contributed by atoms with Crippen LogP contribution >= 0.6 is 11.8 Å². The lowest BCUT2D eigenvalue weighted by Gasteiger charge is -2.12. The number of aliphatic carboxylic acids is 1. The number of nitrogens with one attached hydrogen (secondary N) is 1. The Bertz CT molecular complexity index is 668. The second kappa shape index (κ2) is 7.66. The van der Waals surface area contributed by atoms with Gasteiger partial charge in [0.1, 0.15) is 0 Å². The predicted molar refractivity (Wildman–Crippen MR) is 90.0 cm³/mol. The fraction of sp³-hybridized carbons (Fsp3) is 0.176. The lowest BCUT2D eigenvalue weighted by molar-refractivity contribution is -0.136. The van der Waals surface area contributed by atoms with Crippen LogP contribution in [-0.4, -0.2) is 22.1 Å². The van der Waals surface area contributed by atoms with E-state index in [4.69, 9.17) is 5.11 Å². The molecule has 114 valence electrons. The van der Waals surface area contributed by atoms with Crippen LogP contribution in [0.4, 0.5) is 5.69 Å². The maximum absolute atomic E-state index is 11.0. The number of carbonyl (C=O) groups is 2. The van der Waals surface area contributed by atoms with Gasteiger partial charge in [0.25, 0.3) is 0 Å². The Morgan fingerprint density at radius 1 is 1.09 bits per heavy atom. The lowest BCUT2D eigenvalue weighted by atomic mass is 10.0. The predicted octanol–water partition coefficient (Wildman–Crippen LogP) is 3.63. The molecule has 5 heteroatoms. The molecule has 0 radical (unpaired) electrons. The number of benzene rings is 2. The lowest BCUT2D eigenvalue weighted by Crippen LogP contribution is -2.01. The quantitative estimate of drug-likeness (QED) is 0.797. The van der Waals surface area contributed by atoms with Gasteiger partial charge in [-0.3, -0.25) is 9.59 Å². The third-order valence-corrected chi connectivity index (χ3v) is 3.78. The number of rotatable bonds is 6. The molecular formula is C17H17NO3S. The van der Waals surface area contributed by atoms with Crippen LogP contribution in [0.1, 0.15) is 12.5 Å². The first-order valence-electron chi connectivity index (χ1n) is 6.83. The first kappa shape index (κ1) is 16.1. The standard InChI is InChI=1S/C17H17NO3S/c1-12(19)22-11-18-16-5-3-2-4-15(16)14-8-6-13(7-9-14)10-17(20)21/h2-9,18H,10-11H2,1H3,(H,20,21). The van der Waals surface area contributed by atoms with Crippen molar-refractivity contribution in [3.8, 4) is 11.1 Å². The van der Waals surface area contributed by atoms with E-state index in [1.807, 2.05) is 48.5 Å². The van der Waals surface area contributed by atoms with Gasteiger partial charge in [0.2, 0.25) is 0 Å². The molecule has 0 spiro atoms. The largest absolute Gasteiger partial charge is 0.481 e. The molecule has 0 amide bonds. The maximum Gasteiger partial charge on any atom is 0.307 e. The summed E-state index contributed by atoms with van der Waals surface area (Å²) >= 11 is 1.22. The highest BCUT2D eigenvalue weighted by Gasteiger charge is 2.06. The minimum absolute atomic E-state index is 0.0232. The number of carbonyl (C=O) groups excluding carboxylic acids is 1. The molecule has 2 aromatic carbocycles. The molecule has 0 aliphatic rings. The molecular weight excluding hydrogens is 298 g/mol. The van der Waals surface area contributed by atoms with Gasteiger partial charge in [0.15, 0.2) is 5.12 Å². The zero-order chi connectivity index (χ0) is 15.9. The van der Waals surface area contributed by atoms with Gasteiger partial charge in [-0.25, -0.2) is 0 Å². The fourth-order valence-electron chi connectivity index (χ4n) is 2.08. The minimum atomic E-state index is -0.837. The Morgan fingerprint density at radius 2 is 1.77 bits per heavy atom. The van der Waals surface area contributed by atoms with E-state index in [9.17, 15) is 9.59 Å². The molecule has 22 heavy (non-hydrogen) atoms. The number of para-hydroxylation sites is 1. The van der Waals surface area contributed by atoms with E-state index in [0.29, 0.717) is 5.88 Å². The summed E-state index contributed by atoms with van der Waals surface area (Å²) in [6.45, 7) is 1.54. The van der Waals surface area contributed by atoms with E-state index in [1.165, 1.54) is 11.8 Å². The van der Waals surface area contributed by atoms with Gasteiger partial charge in [-0.2, -0.15) is 0 Å². The molecule has 4 nitrogen and oxygen atoms in total.